The summed E-state index contributed by atoms with van der Waals surface area (Å²) in [7, 11) is 0. The fourth-order valence-electron chi connectivity index (χ4n) is 2.24. The molecule has 132 valence electrons. The number of aryl methyl sites for hydroxylation is 3. The second kappa shape index (κ2) is 8.67. The van der Waals surface area contributed by atoms with E-state index < -0.39 is 0 Å². The maximum Gasteiger partial charge on any atom is 0.234 e. The van der Waals surface area contributed by atoms with Crippen LogP contribution >= 0.6 is 11.8 Å². The molecule has 0 radical (unpaired) electrons. The highest BCUT2D eigenvalue weighted by atomic mass is 32.2. The van der Waals surface area contributed by atoms with Gasteiger partial charge in [0.15, 0.2) is 0 Å². The smallest absolute Gasteiger partial charge is 0.234 e. The van der Waals surface area contributed by atoms with E-state index >= 15 is 0 Å². The van der Waals surface area contributed by atoms with Crippen LogP contribution in [0.1, 0.15) is 16.7 Å². The second-order valence-electron chi connectivity index (χ2n) is 5.87. The Morgan fingerprint density at radius 3 is 2.24 bits per heavy atom. The van der Waals surface area contributed by atoms with Gasteiger partial charge in [-0.2, -0.15) is 0 Å². The summed E-state index contributed by atoms with van der Waals surface area (Å²) in [6.07, 6.45) is 0. The van der Waals surface area contributed by atoms with Crippen molar-refractivity contribution < 1.29 is 14.0 Å². The van der Waals surface area contributed by atoms with E-state index in [1.165, 1.54) is 17.8 Å². The van der Waals surface area contributed by atoms with Gasteiger partial charge in [0, 0.05) is 11.4 Å². The van der Waals surface area contributed by atoms with Gasteiger partial charge in [0.25, 0.3) is 0 Å². The second-order valence-corrected chi connectivity index (χ2v) is 6.86. The zero-order chi connectivity index (χ0) is 18.4. The van der Waals surface area contributed by atoms with Crippen molar-refractivity contribution in [3.8, 4) is 0 Å². The van der Waals surface area contributed by atoms with Crippen LogP contribution in [0.25, 0.3) is 0 Å². The molecular weight excluding hydrogens is 339 g/mol. The van der Waals surface area contributed by atoms with E-state index in [9.17, 15) is 14.0 Å². The molecule has 0 saturated heterocycles. The van der Waals surface area contributed by atoms with Crippen molar-refractivity contribution in [3.05, 3.63) is 58.9 Å². The third kappa shape index (κ3) is 5.90. The van der Waals surface area contributed by atoms with Crippen molar-refractivity contribution in [1.82, 2.24) is 0 Å². The molecule has 0 atom stereocenters. The first kappa shape index (κ1) is 19.0. The van der Waals surface area contributed by atoms with Crippen molar-refractivity contribution in [3.63, 3.8) is 0 Å². The molecule has 2 aromatic rings. The Kier molecular flexibility index (Phi) is 6.58. The van der Waals surface area contributed by atoms with E-state index in [2.05, 4.69) is 10.6 Å². The van der Waals surface area contributed by atoms with Crippen LogP contribution in [0.2, 0.25) is 0 Å². The van der Waals surface area contributed by atoms with Gasteiger partial charge in [-0.25, -0.2) is 4.39 Å². The van der Waals surface area contributed by atoms with E-state index in [1.807, 2.05) is 32.0 Å². The van der Waals surface area contributed by atoms with Gasteiger partial charge in [-0.15, -0.1) is 11.8 Å². The number of anilines is 2. The Morgan fingerprint density at radius 2 is 1.60 bits per heavy atom. The Morgan fingerprint density at radius 1 is 0.920 bits per heavy atom. The molecule has 4 nitrogen and oxygen atoms in total. The maximum atomic E-state index is 13.4. The van der Waals surface area contributed by atoms with Gasteiger partial charge < -0.3 is 10.6 Å². The predicted molar refractivity (Wildman–Crippen MR) is 102 cm³/mol. The Bertz CT molecular complexity index is 793. The minimum Gasteiger partial charge on any atom is -0.325 e. The van der Waals surface area contributed by atoms with Gasteiger partial charge in [-0.1, -0.05) is 23.8 Å². The third-order valence-electron chi connectivity index (χ3n) is 3.58. The van der Waals surface area contributed by atoms with Gasteiger partial charge in [-0.3, -0.25) is 9.59 Å². The molecule has 0 aliphatic carbocycles. The first-order chi connectivity index (χ1) is 11.8. The average Bonchev–Trinajstić information content (AvgIpc) is 2.54. The molecule has 0 aliphatic rings. The van der Waals surface area contributed by atoms with E-state index in [0.29, 0.717) is 11.3 Å². The molecule has 2 rings (SSSR count). The molecule has 0 aliphatic heterocycles. The van der Waals surface area contributed by atoms with Crippen LogP contribution in [0.4, 0.5) is 15.8 Å². The number of amides is 2. The Labute approximate surface area is 151 Å². The normalized spacial score (nSPS) is 10.4. The number of halogens is 1. The highest BCUT2D eigenvalue weighted by molar-refractivity contribution is 8.00. The van der Waals surface area contributed by atoms with Crippen LogP contribution in [-0.4, -0.2) is 23.3 Å². The summed E-state index contributed by atoms with van der Waals surface area (Å²) >= 11 is 1.21. The number of carbonyl (C=O) groups excluding carboxylic acids is 2. The molecular formula is C19H21FN2O2S. The summed E-state index contributed by atoms with van der Waals surface area (Å²) < 4.78 is 13.4. The fraction of sp³-hybridized carbons (Fsp3) is 0.263. The molecule has 0 spiro atoms. The average molecular weight is 360 g/mol. The molecule has 6 heteroatoms. The standard InChI is InChI=1S/C19H21FN2O2S/c1-12-4-7-17(14(3)8-12)22-19(24)11-25-10-18(23)21-15-6-5-13(2)16(20)9-15/h4-9H,10-11H2,1-3H3,(H,21,23)(H,22,24). The van der Waals surface area contributed by atoms with Gasteiger partial charge in [0.1, 0.15) is 5.82 Å². The van der Waals surface area contributed by atoms with Crippen LogP contribution in [0.5, 0.6) is 0 Å². The number of nitrogens with one attached hydrogen (secondary N) is 2. The van der Waals surface area contributed by atoms with Crippen molar-refractivity contribution in [2.75, 3.05) is 22.1 Å². The van der Waals surface area contributed by atoms with Gasteiger partial charge in [-0.05, 0) is 50.1 Å². The van der Waals surface area contributed by atoms with E-state index in [1.54, 1.807) is 19.1 Å². The van der Waals surface area contributed by atoms with Crippen molar-refractivity contribution in [2.45, 2.75) is 20.8 Å². The fourth-order valence-corrected chi connectivity index (χ4v) is 2.86. The highest BCUT2D eigenvalue weighted by Crippen LogP contribution is 2.17. The van der Waals surface area contributed by atoms with Crippen LogP contribution in [0.3, 0.4) is 0 Å². The van der Waals surface area contributed by atoms with E-state index in [0.717, 1.165) is 16.8 Å². The largest absolute Gasteiger partial charge is 0.325 e. The summed E-state index contributed by atoms with van der Waals surface area (Å²) in [6, 6.07) is 10.3. The molecule has 2 aromatic carbocycles. The molecule has 25 heavy (non-hydrogen) atoms. The van der Waals surface area contributed by atoms with Crippen molar-refractivity contribution >= 4 is 35.0 Å². The molecule has 0 bridgehead atoms. The number of hydrogen-bond acceptors (Lipinski definition) is 3. The molecule has 0 aromatic heterocycles. The first-order valence-corrected chi connectivity index (χ1v) is 9.01. The molecule has 0 heterocycles. The Hall–Kier alpha value is -2.34. The zero-order valence-corrected chi connectivity index (χ0v) is 15.3. The number of benzene rings is 2. The lowest BCUT2D eigenvalue weighted by atomic mass is 10.1. The quantitative estimate of drug-likeness (QED) is 0.817. The monoisotopic (exact) mass is 360 g/mol. The van der Waals surface area contributed by atoms with Gasteiger partial charge in [0.05, 0.1) is 11.5 Å². The lowest BCUT2D eigenvalue weighted by Gasteiger charge is -2.09. The van der Waals surface area contributed by atoms with Crippen LogP contribution in [0, 0.1) is 26.6 Å². The number of carbonyl (C=O) groups is 2. The highest BCUT2D eigenvalue weighted by Gasteiger charge is 2.08. The summed E-state index contributed by atoms with van der Waals surface area (Å²) in [4.78, 5) is 23.8. The first-order valence-electron chi connectivity index (χ1n) is 7.86. The molecule has 2 N–H and O–H groups in total. The van der Waals surface area contributed by atoms with Gasteiger partial charge >= 0.3 is 0 Å². The molecule has 0 saturated carbocycles. The molecule has 0 unspecified atom stereocenters. The third-order valence-corrected chi connectivity index (χ3v) is 4.51. The van der Waals surface area contributed by atoms with Crippen LogP contribution < -0.4 is 10.6 Å². The lowest BCUT2D eigenvalue weighted by Crippen LogP contribution is -2.19. The van der Waals surface area contributed by atoms with Gasteiger partial charge in [0.2, 0.25) is 11.8 Å². The Balaban J connectivity index is 1.76. The predicted octanol–water partition coefficient (Wildman–Crippen LogP) is 4.06. The topological polar surface area (TPSA) is 58.2 Å². The van der Waals surface area contributed by atoms with E-state index in [4.69, 9.17) is 0 Å². The number of hydrogen-bond donors (Lipinski definition) is 2. The molecule has 0 fully saturated rings. The minimum atomic E-state index is -0.363. The van der Waals surface area contributed by atoms with Crippen LogP contribution in [0.15, 0.2) is 36.4 Å². The maximum absolute atomic E-state index is 13.4. The minimum absolute atomic E-state index is 0.121. The number of thioether (sulfide) groups is 1. The summed E-state index contributed by atoms with van der Waals surface area (Å²) in [5, 5.41) is 5.45. The van der Waals surface area contributed by atoms with E-state index in [-0.39, 0.29) is 29.1 Å². The zero-order valence-electron chi connectivity index (χ0n) is 14.5. The summed E-state index contributed by atoms with van der Waals surface area (Å²) in [6.45, 7) is 5.59. The number of rotatable bonds is 6. The summed E-state index contributed by atoms with van der Waals surface area (Å²) in [5.74, 6) is -0.504. The van der Waals surface area contributed by atoms with Crippen molar-refractivity contribution in [1.29, 1.82) is 0 Å². The van der Waals surface area contributed by atoms with Crippen molar-refractivity contribution in [2.24, 2.45) is 0 Å². The summed E-state index contributed by atoms with van der Waals surface area (Å²) in [5.41, 5.74) is 3.84. The molecule has 2 amide bonds. The lowest BCUT2D eigenvalue weighted by molar-refractivity contribution is -0.114. The van der Waals surface area contributed by atoms with Crippen LogP contribution in [-0.2, 0) is 9.59 Å². The SMILES string of the molecule is Cc1ccc(NC(=O)CSCC(=O)Nc2ccc(C)c(F)c2)c(C)c1.